The molecule has 0 aliphatic carbocycles. The van der Waals surface area contributed by atoms with Crippen LogP contribution in [0.15, 0.2) is 53.4 Å². The molecule has 2 saturated heterocycles. The SMILES string of the molecule is CC1CCN(C(=O)c2ccccc2NC(=O)c2cccc(S(=O)(=O)N3CCCC3)c2)CC1. The summed E-state index contributed by atoms with van der Waals surface area (Å²) in [6, 6.07) is 13.0. The van der Waals surface area contributed by atoms with Gasteiger partial charge in [-0.25, -0.2) is 8.42 Å². The fourth-order valence-corrected chi connectivity index (χ4v) is 5.79. The number of para-hydroxylation sites is 1. The summed E-state index contributed by atoms with van der Waals surface area (Å²) in [6.07, 6.45) is 3.64. The maximum absolute atomic E-state index is 13.1. The van der Waals surface area contributed by atoms with E-state index >= 15 is 0 Å². The summed E-state index contributed by atoms with van der Waals surface area (Å²) in [6.45, 7) is 4.61. The van der Waals surface area contributed by atoms with E-state index in [2.05, 4.69) is 12.2 Å². The fraction of sp³-hybridized carbons (Fsp3) is 0.417. The van der Waals surface area contributed by atoms with Gasteiger partial charge in [-0.1, -0.05) is 25.1 Å². The van der Waals surface area contributed by atoms with Crippen molar-refractivity contribution in [3.63, 3.8) is 0 Å². The molecule has 2 aliphatic heterocycles. The Morgan fingerprint density at radius 3 is 2.34 bits per heavy atom. The molecule has 0 radical (unpaired) electrons. The van der Waals surface area contributed by atoms with Gasteiger partial charge < -0.3 is 10.2 Å². The number of sulfonamides is 1. The zero-order chi connectivity index (χ0) is 22.7. The second kappa shape index (κ2) is 9.42. The molecule has 8 heteroatoms. The number of amides is 2. The molecule has 2 fully saturated rings. The first-order valence-electron chi connectivity index (χ1n) is 11.2. The maximum Gasteiger partial charge on any atom is 0.255 e. The van der Waals surface area contributed by atoms with Crippen LogP contribution in [0.4, 0.5) is 5.69 Å². The zero-order valence-corrected chi connectivity index (χ0v) is 19.1. The highest BCUT2D eigenvalue weighted by molar-refractivity contribution is 7.89. The Hall–Kier alpha value is -2.71. The van der Waals surface area contributed by atoms with Gasteiger partial charge in [0.05, 0.1) is 16.1 Å². The molecule has 2 aromatic rings. The van der Waals surface area contributed by atoms with Crippen LogP contribution in [0.3, 0.4) is 0 Å². The number of anilines is 1. The largest absolute Gasteiger partial charge is 0.339 e. The predicted octanol–water partition coefficient (Wildman–Crippen LogP) is 3.60. The van der Waals surface area contributed by atoms with Crippen molar-refractivity contribution >= 4 is 27.5 Å². The summed E-state index contributed by atoms with van der Waals surface area (Å²) >= 11 is 0. The number of nitrogens with one attached hydrogen (secondary N) is 1. The number of benzene rings is 2. The Labute approximate surface area is 189 Å². The van der Waals surface area contributed by atoms with Crippen molar-refractivity contribution < 1.29 is 18.0 Å². The van der Waals surface area contributed by atoms with Gasteiger partial charge in [0.2, 0.25) is 10.0 Å². The van der Waals surface area contributed by atoms with E-state index in [0.29, 0.717) is 43.3 Å². The number of nitrogens with zero attached hydrogens (tertiary/aromatic N) is 2. The fourth-order valence-electron chi connectivity index (χ4n) is 4.23. The third-order valence-corrected chi connectivity index (χ3v) is 8.17. The van der Waals surface area contributed by atoms with Crippen LogP contribution >= 0.6 is 0 Å². The summed E-state index contributed by atoms with van der Waals surface area (Å²) < 4.78 is 27.2. The molecule has 2 amide bonds. The Morgan fingerprint density at radius 1 is 0.938 bits per heavy atom. The molecule has 1 N–H and O–H groups in total. The molecule has 2 aromatic carbocycles. The zero-order valence-electron chi connectivity index (χ0n) is 18.3. The van der Waals surface area contributed by atoms with E-state index in [1.165, 1.54) is 16.4 Å². The van der Waals surface area contributed by atoms with Crippen LogP contribution in [0.2, 0.25) is 0 Å². The first-order valence-corrected chi connectivity index (χ1v) is 12.6. The number of piperidine rings is 1. The van der Waals surface area contributed by atoms with Crippen LogP contribution < -0.4 is 5.32 Å². The molecule has 4 rings (SSSR count). The van der Waals surface area contributed by atoms with Crippen LogP contribution in [0.5, 0.6) is 0 Å². The Bertz CT molecular complexity index is 1100. The van der Waals surface area contributed by atoms with Gasteiger partial charge >= 0.3 is 0 Å². The minimum Gasteiger partial charge on any atom is -0.339 e. The van der Waals surface area contributed by atoms with E-state index in [0.717, 1.165) is 25.7 Å². The van der Waals surface area contributed by atoms with Crippen molar-refractivity contribution in [2.75, 3.05) is 31.5 Å². The summed E-state index contributed by atoms with van der Waals surface area (Å²) in [5.41, 5.74) is 1.10. The summed E-state index contributed by atoms with van der Waals surface area (Å²) in [4.78, 5) is 28.0. The van der Waals surface area contributed by atoms with Crippen molar-refractivity contribution in [2.45, 2.75) is 37.5 Å². The Morgan fingerprint density at radius 2 is 1.62 bits per heavy atom. The van der Waals surface area contributed by atoms with Gasteiger partial charge in [-0.15, -0.1) is 0 Å². The number of hydrogen-bond acceptors (Lipinski definition) is 4. The average Bonchev–Trinajstić information content (AvgIpc) is 3.36. The van der Waals surface area contributed by atoms with Crippen molar-refractivity contribution in [2.24, 2.45) is 5.92 Å². The molecule has 0 bridgehead atoms. The van der Waals surface area contributed by atoms with Crippen molar-refractivity contribution in [3.05, 3.63) is 59.7 Å². The van der Waals surface area contributed by atoms with E-state index in [-0.39, 0.29) is 16.4 Å². The second-order valence-electron chi connectivity index (χ2n) is 8.61. The van der Waals surface area contributed by atoms with E-state index in [4.69, 9.17) is 0 Å². The maximum atomic E-state index is 13.1. The highest BCUT2D eigenvalue weighted by Gasteiger charge is 2.28. The highest BCUT2D eigenvalue weighted by Crippen LogP contribution is 2.24. The normalized spacial score (nSPS) is 18.0. The Kier molecular flexibility index (Phi) is 6.62. The third-order valence-electron chi connectivity index (χ3n) is 6.28. The van der Waals surface area contributed by atoms with E-state index in [1.807, 2.05) is 4.90 Å². The molecule has 170 valence electrons. The van der Waals surface area contributed by atoms with Gasteiger partial charge in [-0.3, -0.25) is 9.59 Å². The first-order chi connectivity index (χ1) is 15.4. The predicted molar refractivity (Wildman–Crippen MR) is 123 cm³/mol. The molecular formula is C24H29N3O4S. The molecule has 0 spiro atoms. The van der Waals surface area contributed by atoms with E-state index < -0.39 is 15.9 Å². The Balaban J connectivity index is 1.53. The van der Waals surface area contributed by atoms with Gasteiger partial charge in [-0.05, 0) is 61.9 Å². The van der Waals surface area contributed by atoms with Gasteiger partial charge in [0.25, 0.3) is 11.8 Å². The van der Waals surface area contributed by atoms with Crippen LogP contribution in [0, 0.1) is 5.92 Å². The van der Waals surface area contributed by atoms with Crippen LogP contribution in [-0.4, -0.2) is 55.6 Å². The third kappa shape index (κ3) is 4.71. The van der Waals surface area contributed by atoms with E-state index in [1.54, 1.807) is 36.4 Å². The minimum atomic E-state index is -3.62. The van der Waals surface area contributed by atoms with Crippen LogP contribution in [0.1, 0.15) is 53.3 Å². The summed E-state index contributed by atoms with van der Waals surface area (Å²) in [5, 5.41) is 2.81. The molecule has 0 aromatic heterocycles. The lowest BCUT2D eigenvalue weighted by Crippen LogP contribution is -2.38. The minimum absolute atomic E-state index is 0.0989. The molecule has 0 unspecified atom stereocenters. The number of hydrogen-bond donors (Lipinski definition) is 1. The van der Waals surface area contributed by atoms with Crippen LogP contribution in [-0.2, 0) is 10.0 Å². The molecular weight excluding hydrogens is 426 g/mol. The van der Waals surface area contributed by atoms with Gasteiger partial charge in [0, 0.05) is 31.7 Å². The summed E-state index contributed by atoms with van der Waals surface area (Å²) in [5.74, 6) is 0.0623. The lowest BCUT2D eigenvalue weighted by atomic mass is 9.98. The lowest BCUT2D eigenvalue weighted by Gasteiger charge is -2.30. The molecule has 7 nitrogen and oxygen atoms in total. The smallest absolute Gasteiger partial charge is 0.255 e. The van der Waals surface area contributed by atoms with Gasteiger partial charge in [0.15, 0.2) is 0 Å². The molecule has 0 saturated carbocycles. The lowest BCUT2D eigenvalue weighted by molar-refractivity contribution is 0.0698. The number of carbonyl (C=O) groups is 2. The molecule has 32 heavy (non-hydrogen) atoms. The second-order valence-corrected chi connectivity index (χ2v) is 10.6. The molecule has 2 heterocycles. The van der Waals surface area contributed by atoms with Gasteiger partial charge in [0.1, 0.15) is 0 Å². The van der Waals surface area contributed by atoms with Crippen molar-refractivity contribution in [1.82, 2.24) is 9.21 Å². The quantitative estimate of drug-likeness (QED) is 0.746. The van der Waals surface area contributed by atoms with Crippen LogP contribution in [0.25, 0.3) is 0 Å². The topological polar surface area (TPSA) is 86.8 Å². The highest BCUT2D eigenvalue weighted by atomic mass is 32.2. The van der Waals surface area contributed by atoms with Gasteiger partial charge in [-0.2, -0.15) is 4.31 Å². The van der Waals surface area contributed by atoms with Crippen molar-refractivity contribution in [3.8, 4) is 0 Å². The number of likely N-dealkylation sites (tertiary alicyclic amines) is 1. The standard InChI is InChI=1S/C24H29N3O4S/c1-18-11-15-26(16-12-18)24(29)21-9-2-3-10-22(21)25-23(28)19-7-6-8-20(17-19)32(30,31)27-13-4-5-14-27/h2-3,6-10,17-18H,4-5,11-16H2,1H3,(H,25,28). The molecule has 0 atom stereocenters. The average molecular weight is 456 g/mol. The monoisotopic (exact) mass is 455 g/mol. The first kappa shape index (κ1) is 22.5. The number of rotatable bonds is 5. The van der Waals surface area contributed by atoms with E-state index in [9.17, 15) is 18.0 Å². The summed E-state index contributed by atoms with van der Waals surface area (Å²) in [7, 11) is -3.62. The molecule has 2 aliphatic rings. The number of carbonyl (C=O) groups excluding carboxylic acids is 2. The van der Waals surface area contributed by atoms with Crippen molar-refractivity contribution in [1.29, 1.82) is 0 Å².